The Morgan fingerprint density at radius 1 is 0.645 bits per heavy atom. The highest BCUT2D eigenvalue weighted by molar-refractivity contribution is 4.89. The number of hydrogen-bond donors (Lipinski definition) is 1. The summed E-state index contributed by atoms with van der Waals surface area (Å²) in [6.07, 6.45) is 32.5. The first kappa shape index (κ1) is 28.2. The highest BCUT2D eigenvalue weighted by Gasteiger charge is 2.24. The lowest BCUT2D eigenvalue weighted by Gasteiger charge is -2.16. The summed E-state index contributed by atoms with van der Waals surface area (Å²) in [6.45, 7) is 9.38. The smallest absolute Gasteiger partial charge is 0.247 e. The second-order valence-electron chi connectivity index (χ2n) is 10.1. The van der Waals surface area contributed by atoms with Crippen molar-refractivity contribution in [2.24, 2.45) is 0 Å². The molecule has 0 radical (unpaired) electrons. The van der Waals surface area contributed by atoms with Gasteiger partial charge in [0.05, 0.1) is 12.0 Å². The van der Waals surface area contributed by atoms with Crippen molar-refractivity contribution in [2.75, 3.05) is 0 Å². The van der Waals surface area contributed by atoms with Gasteiger partial charge in [0.2, 0.25) is 0 Å². The molecule has 2 atom stereocenters. The molecule has 0 spiro atoms. The van der Waals surface area contributed by atoms with Crippen LogP contribution in [0.4, 0.5) is 0 Å². The highest BCUT2D eigenvalue weighted by atomic mass is 15.1. The van der Waals surface area contributed by atoms with Crippen molar-refractivity contribution in [2.45, 2.75) is 168 Å². The van der Waals surface area contributed by atoms with Gasteiger partial charge >= 0.3 is 0 Å². The predicted octanol–water partition coefficient (Wildman–Crippen LogP) is 9.81. The molecule has 1 rings (SSSR count). The molecule has 2 nitrogen and oxygen atoms in total. The fraction of sp³-hybridized carbons (Fsp3) is 0.897. The third-order valence-corrected chi connectivity index (χ3v) is 7.23. The van der Waals surface area contributed by atoms with E-state index in [2.05, 4.69) is 49.6 Å². The molecule has 0 aliphatic rings. The largest absolute Gasteiger partial charge is 0.257 e. The molecule has 1 N–H and O–H groups in total. The van der Waals surface area contributed by atoms with Gasteiger partial charge in [-0.2, -0.15) is 0 Å². The molecule has 31 heavy (non-hydrogen) atoms. The van der Waals surface area contributed by atoms with Crippen LogP contribution in [-0.2, 0) is 0 Å². The fourth-order valence-electron chi connectivity index (χ4n) is 5.02. The summed E-state index contributed by atoms with van der Waals surface area (Å²) >= 11 is 0. The maximum Gasteiger partial charge on any atom is 0.257 e. The zero-order valence-corrected chi connectivity index (χ0v) is 21.9. The number of H-pyrrole nitrogens is 1. The predicted molar refractivity (Wildman–Crippen MR) is 138 cm³/mol. The summed E-state index contributed by atoms with van der Waals surface area (Å²) in [5.41, 5.74) is 0. The molecule has 0 saturated carbocycles. The molecule has 0 amide bonds. The van der Waals surface area contributed by atoms with Crippen LogP contribution in [0.2, 0.25) is 0 Å². The van der Waals surface area contributed by atoms with Crippen LogP contribution in [-0.4, -0.2) is 4.98 Å². The number of imidazole rings is 1. The average Bonchev–Trinajstić information content (AvgIpc) is 3.26. The lowest BCUT2D eigenvalue weighted by atomic mass is 9.96. The van der Waals surface area contributed by atoms with E-state index >= 15 is 0 Å². The summed E-state index contributed by atoms with van der Waals surface area (Å²) in [5, 5.41) is 0. The van der Waals surface area contributed by atoms with E-state index in [1.165, 1.54) is 134 Å². The number of aromatic nitrogens is 2. The fourth-order valence-corrected chi connectivity index (χ4v) is 5.02. The maximum absolute atomic E-state index is 3.60. The minimum Gasteiger partial charge on any atom is -0.247 e. The van der Waals surface area contributed by atoms with E-state index in [9.17, 15) is 0 Å². The molecule has 2 unspecified atom stereocenters. The standard InChI is InChI=1S/C29H56N2/c1-5-8-10-12-13-14-15-16-17-18-20-21-23-27(4)31-26-25-30-29(31)28(7-3)24-22-19-11-9-6-2/h25-28H,5-24H2,1-4H3/p+1. The molecule has 0 aliphatic carbocycles. The van der Waals surface area contributed by atoms with E-state index < -0.39 is 0 Å². The van der Waals surface area contributed by atoms with Gasteiger partial charge in [-0.1, -0.05) is 124 Å². The molecule has 182 valence electrons. The topological polar surface area (TPSA) is 19.7 Å². The molecule has 1 aromatic rings. The van der Waals surface area contributed by atoms with Crippen molar-refractivity contribution in [1.82, 2.24) is 4.98 Å². The molecule has 0 saturated heterocycles. The van der Waals surface area contributed by atoms with Gasteiger partial charge in [0.25, 0.3) is 5.82 Å². The van der Waals surface area contributed by atoms with Gasteiger partial charge in [-0.3, -0.25) is 0 Å². The summed E-state index contributed by atoms with van der Waals surface area (Å²) in [6, 6.07) is 0.624. The van der Waals surface area contributed by atoms with Gasteiger partial charge in [0.1, 0.15) is 12.4 Å². The number of nitrogens with one attached hydrogen (secondary N) is 1. The number of rotatable bonds is 22. The third-order valence-electron chi connectivity index (χ3n) is 7.23. The first-order valence-corrected chi connectivity index (χ1v) is 14.3. The first-order chi connectivity index (χ1) is 15.2. The summed E-state index contributed by atoms with van der Waals surface area (Å²) in [7, 11) is 0. The zero-order valence-electron chi connectivity index (χ0n) is 21.9. The Morgan fingerprint density at radius 3 is 1.58 bits per heavy atom. The van der Waals surface area contributed by atoms with E-state index in [0.717, 1.165) is 0 Å². The van der Waals surface area contributed by atoms with Gasteiger partial charge in [-0.05, 0) is 32.6 Å². The summed E-state index contributed by atoms with van der Waals surface area (Å²) in [5.74, 6) is 2.17. The van der Waals surface area contributed by atoms with Crippen molar-refractivity contribution in [1.29, 1.82) is 0 Å². The van der Waals surface area contributed by atoms with Crippen molar-refractivity contribution in [3.63, 3.8) is 0 Å². The van der Waals surface area contributed by atoms with Gasteiger partial charge in [0.15, 0.2) is 0 Å². The van der Waals surface area contributed by atoms with Gasteiger partial charge in [-0.25, -0.2) is 9.55 Å². The summed E-state index contributed by atoms with van der Waals surface area (Å²) in [4.78, 5) is 3.60. The van der Waals surface area contributed by atoms with Gasteiger partial charge in [-0.15, -0.1) is 0 Å². The Balaban J connectivity index is 2.16. The van der Waals surface area contributed by atoms with E-state index in [0.29, 0.717) is 12.0 Å². The van der Waals surface area contributed by atoms with Crippen LogP contribution >= 0.6 is 0 Å². The van der Waals surface area contributed by atoms with Crippen LogP contribution in [0.3, 0.4) is 0 Å². The number of unbranched alkanes of at least 4 members (excludes halogenated alkanes) is 15. The van der Waals surface area contributed by atoms with E-state index in [-0.39, 0.29) is 0 Å². The maximum atomic E-state index is 3.60. The van der Waals surface area contributed by atoms with E-state index in [4.69, 9.17) is 0 Å². The van der Waals surface area contributed by atoms with E-state index in [1.807, 2.05) is 0 Å². The Morgan fingerprint density at radius 2 is 1.10 bits per heavy atom. The molecule has 1 heterocycles. The molecular weight excluding hydrogens is 376 g/mol. The van der Waals surface area contributed by atoms with Crippen LogP contribution in [0, 0.1) is 0 Å². The SMILES string of the molecule is CCCCCCCCCCCCCCC(C)[n+]1cc[nH]c1C(CC)CCCCCCC. The van der Waals surface area contributed by atoms with Crippen LogP contribution in [0.5, 0.6) is 0 Å². The van der Waals surface area contributed by atoms with E-state index in [1.54, 1.807) is 0 Å². The molecular formula is C29H57N2+. The molecule has 0 fully saturated rings. The highest BCUT2D eigenvalue weighted by Crippen LogP contribution is 2.24. The molecule has 0 aliphatic heterocycles. The van der Waals surface area contributed by atoms with Crippen molar-refractivity contribution in [3.05, 3.63) is 18.2 Å². The second kappa shape index (κ2) is 19.9. The first-order valence-electron chi connectivity index (χ1n) is 14.3. The molecule has 0 aromatic carbocycles. The van der Waals surface area contributed by atoms with Gasteiger partial charge < -0.3 is 0 Å². The van der Waals surface area contributed by atoms with Crippen molar-refractivity contribution in [3.8, 4) is 0 Å². The monoisotopic (exact) mass is 433 g/mol. The van der Waals surface area contributed by atoms with Crippen LogP contribution < -0.4 is 4.57 Å². The summed E-state index contributed by atoms with van der Waals surface area (Å²) < 4.78 is 2.55. The zero-order chi connectivity index (χ0) is 22.6. The normalized spacial score (nSPS) is 13.5. The van der Waals surface area contributed by atoms with Crippen LogP contribution in [0.25, 0.3) is 0 Å². The number of hydrogen-bond acceptors (Lipinski definition) is 0. The average molecular weight is 434 g/mol. The number of aromatic amines is 1. The Hall–Kier alpha value is -0.790. The van der Waals surface area contributed by atoms with Crippen LogP contribution in [0.1, 0.15) is 174 Å². The van der Waals surface area contributed by atoms with Gasteiger partial charge in [0, 0.05) is 0 Å². The lowest BCUT2D eigenvalue weighted by molar-refractivity contribution is -0.727. The molecule has 2 heteroatoms. The Kier molecular flexibility index (Phi) is 18.1. The lowest BCUT2D eigenvalue weighted by Crippen LogP contribution is -2.41. The Bertz CT molecular complexity index is 493. The van der Waals surface area contributed by atoms with Crippen molar-refractivity contribution < 1.29 is 4.57 Å². The quantitative estimate of drug-likeness (QED) is 0.139. The third kappa shape index (κ3) is 13.4. The van der Waals surface area contributed by atoms with Crippen molar-refractivity contribution >= 4 is 0 Å². The second-order valence-corrected chi connectivity index (χ2v) is 10.1. The Labute approximate surface area is 196 Å². The number of nitrogens with zero attached hydrogens (tertiary/aromatic N) is 1. The minimum absolute atomic E-state index is 0.624. The molecule has 1 aromatic heterocycles. The van der Waals surface area contributed by atoms with Crippen LogP contribution in [0.15, 0.2) is 12.4 Å². The molecule has 0 bridgehead atoms. The minimum atomic E-state index is 0.624.